The van der Waals surface area contributed by atoms with Crippen molar-refractivity contribution in [2.24, 2.45) is 0 Å². The van der Waals surface area contributed by atoms with Gasteiger partial charge in [0.15, 0.2) is 0 Å². The summed E-state index contributed by atoms with van der Waals surface area (Å²) in [6, 6.07) is 0.870. The number of piperidine rings is 1. The maximum Gasteiger partial charge on any atom is 0.325 e. The largest absolute Gasteiger partial charge is 0.480 e. The molecule has 2 N–H and O–H groups in total. The number of aliphatic carboxylic acids is 1. The minimum absolute atomic E-state index is 0.360. The van der Waals surface area contributed by atoms with Gasteiger partial charge in [0.1, 0.15) is 6.04 Å². The number of nitrogens with zero attached hydrogens (tertiary/aromatic N) is 1. The van der Waals surface area contributed by atoms with Crippen molar-refractivity contribution in [1.82, 2.24) is 10.2 Å². The molecule has 0 aromatic rings. The summed E-state index contributed by atoms with van der Waals surface area (Å²) in [7, 11) is 0. The van der Waals surface area contributed by atoms with E-state index in [0.29, 0.717) is 6.41 Å². The second-order valence-electron chi connectivity index (χ2n) is 4.80. The van der Waals surface area contributed by atoms with E-state index in [1.165, 1.54) is 32.7 Å². The number of rotatable bonds is 4. The van der Waals surface area contributed by atoms with Gasteiger partial charge in [-0.1, -0.05) is 13.3 Å². The Kier molecular flexibility index (Phi) is 8.37. The van der Waals surface area contributed by atoms with Crippen molar-refractivity contribution >= 4 is 12.4 Å². The van der Waals surface area contributed by atoms with E-state index in [2.05, 4.69) is 31.0 Å². The summed E-state index contributed by atoms with van der Waals surface area (Å²) in [6.45, 7) is 9.57. The highest BCUT2D eigenvalue weighted by Crippen LogP contribution is 2.21. The smallest absolute Gasteiger partial charge is 0.325 e. The van der Waals surface area contributed by atoms with Crippen molar-refractivity contribution in [2.75, 3.05) is 6.54 Å². The Hall–Kier alpha value is -1.10. The fraction of sp³-hybridized carbons (Fsp3) is 0.846. The van der Waals surface area contributed by atoms with Crippen LogP contribution >= 0.6 is 0 Å². The Balaban J connectivity index is 0.000000331. The summed E-state index contributed by atoms with van der Waals surface area (Å²) in [5.41, 5.74) is 0. The molecule has 0 bridgehead atoms. The second kappa shape index (κ2) is 8.91. The highest BCUT2D eigenvalue weighted by atomic mass is 16.4. The lowest BCUT2D eigenvalue weighted by molar-refractivity contribution is -0.140. The van der Waals surface area contributed by atoms with Crippen LogP contribution in [0.1, 0.15) is 47.0 Å². The second-order valence-corrected chi connectivity index (χ2v) is 4.80. The highest BCUT2D eigenvalue weighted by molar-refractivity contribution is 5.75. The fourth-order valence-electron chi connectivity index (χ4n) is 2.27. The predicted molar refractivity (Wildman–Crippen MR) is 71.5 cm³/mol. The Morgan fingerprint density at radius 3 is 2.17 bits per heavy atom. The van der Waals surface area contributed by atoms with E-state index in [-0.39, 0.29) is 0 Å². The summed E-state index contributed by atoms with van der Waals surface area (Å²) in [5, 5.41) is 10.2. The molecule has 106 valence electrons. The number of hydrogen-bond acceptors (Lipinski definition) is 3. The third-order valence-electron chi connectivity index (χ3n) is 3.43. The number of amides is 1. The van der Waals surface area contributed by atoms with E-state index >= 15 is 0 Å². The average molecular weight is 258 g/mol. The molecule has 5 nitrogen and oxygen atoms in total. The number of carboxylic acids is 1. The molecule has 0 aliphatic carbocycles. The zero-order valence-corrected chi connectivity index (χ0v) is 11.8. The first-order valence-corrected chi connectivity index (χ1v) is 6.62. The zero-order valence-electron chi connectivity index (χ0n) is 11.8. The van der Waals surface area contributed by atoms with Gasteiger partial charge in [0.25, 0.3) is 0 Å². The van der Waals surface area contributed by atoms with Crippen molar-refractivity contribution in [3.8, 4) is 0 Å². The average Bonchev–Trinajstić information content (AvgIpc) is 2.30. The van der Waals surface area contributed by atoms with Crippen LogP contribution in [0.4, 0.5) is 0 Å². The molecule has 5 heteroatoms. The molecule has 1 saturated heterocycles. The van der Waals surface area contributed by atoms with Crippen LogP contribution in [0, 0.1) is 0 Å². The lowest BCUT2D eigenvalue weighted by Gasteiger charge is -2.38. The van der Waals surface area contributed by atoms with Crippen molar-refractivity contribution in [3.05, 3.63) is 0 Å². The standard InChI is InChI=1S/C9H19N.C4H7NO3/c1-4-10-8(2)6-5-7-9(10)3;1-3(4(7)8)5-2-6/h8-9H,4-7H2,1-3H3;2-3H,1H3,(H,5,6)(H,7,8). The molecule has 0 spiro atoms. The van der Waals surface area contributed by atoms with E-state index in [1.807, 2.05) is 0 Å². The molecule has 1 heterocycles. The molecule has 1 aliphatic heterocycles. The van der Waals surface area contributed by atoms with Crippen LogP contribution in [-0.2, 0) is 9.59 Å². The van der Waals surface area contributed by atoms with Gasteiger partial charge in [0.2, 0.25) is 6.41 Å². The van der Waals surface area contributed by atoms with Crippen molar-refractivity contribution < 1.29 is 14.7 Å². The molecule has 0 aromatic carbocycles. The highest BCUT2D eigenvalue weighted by Gasteiger charge is 2.22. The predicted octanol–water partition coefficient (Wildman–Crippen LogP) is 1.47. The van der Waals surface area contributed by atoms with E-state index in [0.717, 1.165) is 12.1 Å². The molecule has 3 unspecified atom stereocenters. The lowest BCUT2D eigenvalue weighted by atomic mass is 9.98. The zero-order chi connectivity index (χ0) is 14.1. The van der Waals surface area contributed by atoms with Crippen molar-refractivity contribution in [2.45, 2.75) is 65.1 Å². The third-order valence-corrected chi connectivity index (χ3v) is 3.43. The fourth-order valence-corrected chi connectivity index (χ4v) is 2.27. The van der Waals surface area contributed by atoms with E-state index < -0.39 is 12.0 Å². The third kappa shape index (κ3) is 6.00. The van der Waals surface area contributed by atoms with Crippen molar-refractivity contribution in [3.63, 3.8) is 0 Å². The van der Waals surface area contributed by atoms with E-state index in [1.54, 1.807) is 0 Å². The quantitative estimate of drug-likeness (QED) is 0.749. The SMILES string of the molecule is CC(NC=O)C(=O)O.CCN1C(C)CCCC1C. The number of likely N-dealkylation sites (tertiary alicyclic amines) is 1. The molecule has 1 rings (SSSR count). The molecule has 0 radical (unpaired) electrons. The van der Waals surface area contributed by atoms with Gasteiger partial charge in [-0.25, -0.2) is 0 Å². The molecule has 1 amide bonds. The van der Waals surface area contributed by atoms with Gasteiger partial charge >= 0.3 is 5.97 Å². The number of carbonyl (C=O) groups is 2. The Morgan fingerprint density at radius 1 is 1.44 bits per heavy atom. The number of hydrogen-bond donors (Lipinski definition) is 2. The first kappa shape index (κ1) is 16.9. The van der Waals surface area contributed by atoms with Crippen molar-refractivity contribution in [1.29, 1.82) is 0 Å². The summed E-state index contributed by atoms with van der Waals surface area (Å²) in [5.74, 6) is -1.03. The van der Waals surface area contributed by atoms with Gasteiger partial charge in [-0.2, -0.15) is 0 Å². The topological polar surface area (TPSA) is 69.6 Å². The molecule has 0 saturated carbocycles. The summed E-state index contributed by atoms with van der Waals surface area (Å²) < 4.78 is 0. The van der Waals surface area contributed by atoms with Gasteiger partial charge in [0, 0.05) is 12.1 Å². The molecular weight excluding hydrogens is 232 g/mol. The van der Waals surface area contributed by atoms with Crippen LogP contribution in [0.15, 0.2) is 0 Å². The molecule has 3 atom stereocenters. The summed E-state index contributed by atoms with van der Waals surface area (Å²) >= 11 is 0. The van der Waals surface area contributed by atoms with Gasteiger partial charge < -0.3 is 10.4 Å². The Labute approximate surface area is 110 Å². The molecule has 1 fully saturated rings. The minimum atomic E-state index is -1.03. The van der Waals surface area contributed by atoms with Crippen LogP contribution in [0.5, 0.6) is 0 Å². The molecule has 0 aromatic heterocycles. The maximum absolute atomic E-state index is 9.87. The van der Waals surface area contributed by atoms with Gasteiger partial charge in [-0.3, -0.25) is 14.5 Å². The number of nitrogens with one attached hydrogen (secondary N) is 1. The first-order chi connectivity index (χ1) is 8.43. The Morgan fingerprint density at radius 2 is 1.94 bits per heavy atom. The first-order valence-electron chi connectivity index (χ1n) is 6.62. The Bertz CT molecular complexity index is 249. The van der Waals surface area contributed by atoms with Crippen LogP contribution in [0.3, 0.4) is 0 Å². The van der Waals surface area contributed by atoms with Crippen LogP contribution in [0.2, 0.25) is 0 Å². The minimum Gasteiger partial charge on any atom is -0.480 e. The maximum atomic E-state index is 9.87. The normalized spacial score (nSPS) is 25.6. The van der Waals surface area contributed by atoms with Crippen LogP contribution < -0.4 is 5.32 Å². The summed E-state index contributed by atoms with van der Waals surface area (Å²) in [6.07, 6.45) is 4.59. The molecule has 1 aliphatic rings. The van der Waals surface area contributed by atoms with Gasteiger partial charge in [0.05, 0.1) is 0 Å². The molecule has 18 heavy (non-hydrogen) atoms. The van der Waals surface area contributed by atoms with Crippen LogP contribution in [-0.4, -0.2) is 47.1 Å². The monoisotopic (exact) mass is 258 g/mol. The summed E-state index contributed by atoms with van der Waals surface area (Å²) in [4.78, 5) is 22.0. The van der Waals surface area contributed by atoms with Crippen LogP contribution in [0.25, 0.3) is 0 Å². The lowest BCUT2D eigenvalue weighted by Crippen LogP contribution is -2.43. The number of carboxylic acid groups (broad SMARTS) is 1. The van der Waals surface area contributed by atoms with Gasteiger partial charge in [-0.15, -0.1) is 0 Å². The van der Waals surface area contributed by atoms with E-state index in [9.17, 15) is 9.59 Å². The van der Waals surface area contributed by atoms with E-state index in [4.69, 9.17) is 5.11 Å². The molecular formula is C13H26N2O3. The number of carbonyl (C=O) groups excluding carboxylic acids is 1. The van der Waals surface area contributed by atoms with Gasteiger partial charge in [-0.05, 0) is 40.2 Å².